The van der Waals surface area contributed by atoms with Crippen molar-refractivity contribution in [2.75, 3.05) is 0 Å². The lowest BCUT2D eigenvalue weighted by Crippen LogP contribution is -2.67. The number of carbonyl (C=O) groups excluding carboxylic acids is 4. The van der Waals surface area contributed by atoms with Crippen LogP contribution in [0.3, 0.4) is 0 Å². The fourth-order valence-electron chi connectivity index (χ4n) is 13.8. The van der Waals surface area contributed by atoms with Crippen LogP contribution >= 0.6 is 0 Å². The van der Waals surface area contributed by atoms with E-state index in [0.29, 0.717) is 31.1 Å². The quantitative estimate of drug-likeness (QED) is 0.162. The molecule has 0 aromatic heterocycles. The number of hydrogen-bond acceptors (Lipinski definition) is 10. The molecule has 8 unspecified atom stereocenters. The van der Waals surface area contributed by atoms with E-state index in [1.807, 2.05) is 48.5 Å². The van der Waals surface area contributed by atoms with Gasteiger partial charge in [-0.1, -0.05) is 27.7 Å². The lowest BCUT2D eigenvalue weighted by Gasteiger charge is -2.62. The summed E-state index contributed by atoms with van der Waals surface area (Å²) in [5, 5.41) is 21.3. The summed E-state index contributed by atoms with van der Waals surface area (Å²) in [6, 6.07) is 0. The molecule has 0 amide bonds. The highest BCUT2D eigenvalue weighted by Gasteiger charge is 2.66. The molecule has 10 saturated carbocycles. The van der Waals surface area contributed by atoms with Gasteiger partial charge in [0.25, 0.3) is 0 Å². The summed E-state index contributed by atoms with van der Waals surface area (Å²) in [6.45, 7) is 20.0. The first kappa shape index (κ1) is 43.9. The second kappa shape index (κ2) is 15.0. The molecule has 10 bridgehead atoms. The van der Waals surface area contributed by atoms with Crippen LogP contribution in [-0.2, 0) is 38.1 Å². The van der Waals surface area contributed by atoms with Gasteiger partial charge >= 0.3 is 23.9 Å². The van der Waals surface area contributed by atoms with Gasteiger partial charge in [0.05, 0.1) is 33.9 Å². The van der Waals surface area contributed by atoms with Gasteiger partial charge in [-0.15, -0.1) is 0 Å². The average molecular weight is 813 g/mol. The molecule has 11 aliphatic rings. The normalized spacial score (nSPS) is 42.8. The fourth-order valence-corrected chi connectivity index (χ4v) is 13.8. The summed E-state index contributed by atoms with van der Waals surface area (Å²) >= 11 is 0. The number of ether oxygens (including phenoxy) is 4. The molecular weight excluding hydrogens is 737 g/mol. The van der Waals surface area contributed by atoms with E-state index in [0.717, 1.165) is 69.1 Å². The minimum atomic E-state index is -0.842. The maximum atomic E-state index is 12.6. The van der Waals surface area contributed by atoms with Crippen LogP contribution in [0.1, 0.15) is 178 Å². The van der Waals surface area contributed by atoms with E-state index in [9.17, 15) is 29.4 Å². The second-order valence-electron chi connectivity index (χ2n) is 23.2. The van der Waals surface area contributed by atoms with Crippen LogP contribution in [0.4, 0.5) is 0 Å². The number of aliphatic hydroxyl groups is 2. The zero-order chi connectivity index (χ0) is 42.4. The smallest absolute Gasteiger partial charge is 0.312 e. The molecule has 11 fully saturated rings. The Labute approximate surface area is 348 Å². The maximum Gasteiger partial charge on any atom is 0.312 e. The van der Waals surface area contributed by atoms with Crippen LogP contribution in [0.5, 0.6) is 0 Å². The molecule has 8 atom stereocenters. The van der Waals surface area contributed by atoms with Crippen molar-refractivity contribution in [2.24, 2.45) is 63.6 Å². The van der Waals surface area contributed by atoms with E-state index in [4.69, 9.17) is 18.9 Å². The van der Waals surface area contributed by atoms with Crippen molar-refractivity contribution < 1.29 is 48.3 Å². The fraction of sp³-hybridized carbons (Fsp3) is 0.917. The molecule has 2 N–H and O–H groups in total. The summed E-state index contributed by atoms with van der Waals surface area (Å²) in [4.78, 5) is 48.3. The Morgan fingerprint density at radius 1 is 0.741 bits per heavy atom. The molecule has 58 heavy (non-hydrogen) atoms. The first-order valence-electron chi connectivity index (χ1n) is 23.2. The number of hydrogen-bond donors (Lipinski definition) is 2. The van der Waals surface area contributed by atoms with Crippen LogP contribution < -0.4 is 0 Å². The lowest BCUT2D eigenvalue weighted by molar-refractivity contribution is -0.264. The van der Waals surface area contributed by atoms with E-state index >= 15 is 0 Å². The summed E-state index contributed by atoms with van der Waals surface area (Å²) in [7, 11) is 0. The minimum Gasteiger partial charge on any atom is -0.459 e. The molecule has 10 heteroatoms. The van der Waals surface area contributed by atoms with E-state index in [1.54, 1.807) is 0 Å². The summed E-state index contributed by atoms with van der Waals surface area (Å²) in [6.07, 6.45) is 15.7. The molecule has 1 heterocycles. The summed E-state index contributed by atoms with van der Waals surface area (Å²) < 4.78 is 22.9. The molecule has 1 aliphatic heterocycles. The van der Waals surface area contributed by atoms with Gasteiger partial charge in [0.1, 0.15) is 23.4 Å². The highest BCUT2D eigenvalue weighted by Crippen LogP contribution is 2.65. The Bertz CT molecular complexity index is 1560. The third-order valence-electron chi connectivity index (χ3n) is 17.5. The van der Waals surface area contributed by atoms with Gasteiger partial charge in [-0.25, -0.2) is 0 Å². The number of esters is 4. The van der Waals surface area contributed by atoms with Crippen LogP contribution in [0.2, 0.25) is 0 Å². The largest absolute Gasteiger partial charge is 0.459 e. The predicted octanol–water partition coefficient (Wildman–Crippen LogP) is 8.65. The summed E-state index contributed by atoms with van der Waals surface area (Å²) in [5.74, 6) is 3.20. The second-order valence-corrected chi connectivity index (χ2v) is 23.2. The SMILES string of the molecule is CCC(C)(C)C(=O)OC(C)(C)C12CC3CC(CC(C3)C1)C2.CCC(C)(C)C(=O)OC12CC3CC(O)(CC(O)(C3)C1)C2.CCC(C)C(=O)OC1C2CC3C(=O)OC1C3C2. The van der Waals surface area contributed by atoms with Crippen molar-refractivity contribution in [3.05, 3.63) is 0 Å². The van der Waals surface area contributed by atoms with Crippen molar-refractivity contribution in [3.8, 4) is 0 Å². The Morgan fingerprint density at radius 2 is 1.28 bits per heavy atom. The zero-order valence-corrected chi connectivity index (χ0v) is 37.5. The van der Waals surface area contributed by atoms with Crippen LogP contribution in [0.25, 0.3) is 0 Å². The first-order valence-corrected chi connectivity index (χ1v) is 23.2. The highest BCUT2D eigenvalue weighted by atomic mass is 16.6. The van der Waals surface area contributed by atoms with Crippen molar-refractivity contribution in [1.29, 1.82) is 0 Å². The van der Waals surface area contributed by atoms with Gasteiger partial charge in [0.2, 0.25) is 0 Å². The average Bonchev–Trinajstić information content (AvgIpc) is 3.75. The van der Waals surface area contributed by atoms with Crippen molar-refractivity contribution in [1.82, 2.24) is 0 Å². The molecular formula is C48H76O10. The zero-order valence-electron chi connectivity index (χ0n) is 37.5. The molecule has 0 radical (unpaired) electrons. The molecule has 0 aromatic rings. The number of fused-ring (bicyclic) bond motifs is 1. The monoisotopic (exact) mass is 813 g/mol. The predicted molar refractivity (Wildman–Crippen MR) is 218 cm³/mol. The molecule has 0 spiro atoms. The van der Waals surface area contributed by atoms with E-state index in [-0.39, 0.29) is 70.3 Å². The summed E-state index contributed by atoms with van der Waals surface area (Å²) in [5.41, 5.74) is -3.26. The third-order valence-corrected chi connectivity index (χ3v) is 17.5. The van der Waals surface area contributed by atoms with Gasteiger partial charge in [0.15, 0.2) is 0 Å². The number of rotatable bonds is 10. The van der Waals surface area contributed by atoms with Gasteiger partial charge in [0, 0.05) is 36.5 Å². The molecule has 1 saturated heterocycles. The first-order chi connectivity index (χ1) is 26.9. The van der Waals surface area contributed by atoms with Gasteiger partial charge < -0.3 is 29.2 Å². The van der Waals surface area contributed by atoms with Crippen LogP contribution in [-0.4, -0.2) is 68.7 Å². The standard InChI is InChI=1S/C19H32O2.C16H26O4.C13H18O4/c1-6-17(2,3)16(20)21-18(4,5)19-10-13-7-14(11-19)9-15(8-13)12-19;1-4-13(2,3)12(17)20-16-7-11-5-14(18,9-16)8-15(19,6-11)10-16;1-3-6(2)12(14)16-10-7-4-8-9(5-7)13(15)17-11(8)10/h13-15H,6-12H2,1-5H3;11,18-19H,4-10H2,1-3H3;6-11H,3-5H2,1-2H3. The topological polar surface area (TPSA) is 146 Å². The third kappa shape index (κ3) is 8.01. The van der Waals surface area contributed by atoms with Crippen molar-refractivity contribution >= 4 is 23.9 Å². The maximum absolute atomic E-state index is 12.6. The molecule has 11 rings (SSSR count). The Morgan fingerprint density at radius 3 is 1.78 bits per heavy atom. The highest BCUT2D eigenvalue weighted by molar-refractivity contribution is 5.78. The lowest BCUT2D eigenvalue weighted by atomic mass is 9.46. The van der Waals surface area contributed by atoms with E-state index in [2.05, 4.69) is 20.8 Å². The van der Waals surface area contributed by atoms with Crippen LogP contribution in [0, 0.1) is 63.6 Å². The molecule has 328 valence electrons. The molecule has 10 aliphatic carbocycles. The van der Waals surface area contributed by atoms with Gasteiger partial charge in [-0.3, -0.25) is 19.2 Å². The number of carbonyl (C=O) groups is 4. The van der Waals surface area contributed by atoms with Gasteiger partial charge in [-0.2, -0.15) is 0 Å². The van der Waals surface area contributed by atoms with E-state index in [1.165, 1.54) is 38.5 Å². The Kier molecular flexibility index (Phi) is 11.4. The Balaban J connectivity index is 0.000000133. The van der Waals surface area contributed by atoms with Crippen molar-refractivity contribution in [3.63, 3.8) is 0 Å². The van der Waals surface area contributed by atoms with Crippen LogP contribution in [0.15, 0.2) is 0 Å². The van der Waals surface area contributed by atoms with Crippen molar-refractivity contribution in [2.45, 2.75) is 213 Å². The molecule has 0 aromatic carbocycles. The minimum absolute atomic E-state index is 0.00857. The molecule has 10 nitrogen and oxygen atoms in total. The van der Waals surface area contributed by atoms with Gasteiger partial charge in [-0.05, 0) is 155 Å². The van der Waals surface area contributed by atoms with E-state index < -0.39 is 22.2 Å². The Hall–Kier alpha value is -2.20.